The van der Waals surface area contributed by atoms with Crippen LogP contribution < -0.4 is 5.73 Å². The van der Waals surface area contributed by atoms with Gasteiger partial charge in [-0.3, -0.25) is 9.69 Å². The minimum absolute atomic E-state index is 0.226. The van der Waals surface area contributed by atoms with Crippen molar-refractivity contribution in [3.63, 3.8) is 0 Å². The first kappa shape index (κ1) is 16.9. The monoisotopic (exact) mass is 364 g/mol. The number of carbonyl (C=O) groups is 1. The van der Waals surface area contributed by atoms with E-state index >= 15 is 0 Å². The zero-order valence-electron chi connectivity index (χ0n) is 13.6. The Morgan fingerprint density at radius 3 is 2.62 bits per heavy atom. The highest BCUT2D eigenvalue weighted by Crippen LogP contribution is 2.40. The van der Waals surface area contributed by atoms with Gasteiger partial charge in [-0.15, -0.1) is 0 Å². The second-order valence-corrected chi connectivity index (χ2v) is 6.27. The molecule has 26 heavy (non-hydrogen) atoms. The standard InChI is InChI=1S/C17H15F3N4O2/c18-17(19,20)16-22-7-12-13-9(8-24-1-3-26-4-2-24)5-10(21)6-11(13)15(25)14(12)23-16/h5-7H,1-4,8,21H2. The molecule has 1 fully saturated rings. The van der Waals surface area contributed by atoms with Crippen LogP contribution in [-0.2, 0) is 17.5 Å². The van der Waals surface area contributed by atoms with E-state index in [2.05, 4.69) is 14.9 Å². The van der Waals surface area contributed by atoms with E-state index in [1.54, 1.807) is 6.07 Å². The molecule has 1 saturated heterocycles. The predicted molar refractivity (Wildman–Crippen MR) is 86.4 cm³/mol. The first-order valence-corrected chi connectivity index (χ1v) is 8.06. The fraction of sp³-hybridized carbons (Fsp3) is 0.353. The molecule has 1 aromatic heterocycles. The number of fused-ring (bicyclic) bond motifs is 3. The fourth-order valence-electron chi connectivity index (χ4n) is 3.35. The lowest BCUT2D eigenvalue weighted by molar-refractivity contribution is -0.145. The second kappa shape index (κ2) is 6.03. The molecular weight excluding hydrogens is 349 g/mol. The molecule has 0 saturated carbocycles. The Bertz CT molecular complexity index is 892. The zero-order chi connectivity index (χ0) is 18.5. The van der Waals surface area contributed by atoms with Gasteiger partial charge in [-0.25, -0.2) is 9.97 Å². The highest BCUT2D eigenvalue weighted by atomic mass is 19.4. The van der Waals surface area contributed by atoms with Crippen LogP contribution in [0.2, 0.25) is 0 Å². The maximum absolute atomic E-state index is 12.9. The number of aromatic nitrogens is 2. The Balaban J connectivity index is 1.80. The molecule has 2 aliphatic rings. The lowest BCUT2D eigenvalue weighted by atomic mass is 9.99. The van der Waals surface area contributed by atoms with Gasteiger partial charge in [0, 0.05) is 48.2 Å². The molecule has 0 atom stereocenters. The highest BCUT2D eigenvalue weighted by molar-refractivity contribution is 6.21. The number of carbonyl (C=O) groups excluding carboxylic acids is 1. The van der Waals surface area contributed by atoms with E-state index in [1.807, 2.05) is 0 Å². The van der Waals surface area contributed by atoms with Crippen molar-refractivity contribution in [2.45, 2.75) is 12.7 Å². The van der Waals surface area contributed by atoms with Gasteiger partial charge in [0.25, 0.3) is 0 Å². The van der Waals surface area contributed by atoms with Crippen LogP contribution in [0.5, 0.6) is 0 Å². The normalized spacial score (nSPS) is 17.3. The van der Waals surface area contributed by atoms with Crippen LogP contribution in [0, 0.1) is 0 Å². The summed E-state index contributed by atoms with van der Waals surface area (Å²) in [5.41, 5.74) is 8.02. The molecule has 136 valence electrons. The largest absolute Gasteiger partial charge is 0.451 e. The molecule has 0 bridgehead atoms. The maximum atomic E-state index is 12.9. The summed E-state index contributed by atoms with van der Waals surface area (Å²) < 4.78 is 44.0. The van der Waals surface area contributed by atoms with Crippen molar-refractivity contribution < 1.29 is 22.7 Å². The Morgan fingerprint density at radius 1 is 1.19 bits per heavy atom. The zero-order valence-corrected chi connectivity index (χ0v) is 13.6. The van der Waals surface area contributed by atoms with Gasteiger partial charge in [-0.1, -0.05) is 0 Å². The summed E-state index contributed by atoms with van der Waals surface area (Å²) in [7, 11) is 0. The number of nitrogens with two attached hydrogens (primary N) is 1. The van der Waals surface area contributed by atoms with Crippen LogP contribution in [0.25, 0.3) is 11.1 Å². The minimum Gasteiger partial charge on any atom is -0.399 e. The van der Waals surface area contributed by atoms with E-state index in [1.165, 1.54) is 6.07 Å². The molecule has 0 radical (unpaired) electrons. The molecule has 1 aliphatic heterocycles. The molecule has 0 unspecified atom stereocenters. The van der Waals surface area contributed by atoms with Crippen LogP contribution >= 0.6 is 0 Å². The number of anilines is 1. The number of hydrogen-bond acceptors (Lipinski definition) is 6. The van der Waals surface area contributed by atoms with E-state index in [-0.39, 0.29) is 11.3 Å². The summed E-state index contributed by atoms with van der Waals surface area (Å²) in [6, 6.07) is 3.23. The average molecular weight is 364 g/mol. The predicted octanol–water partition coefficient (Wildman–Crippen LogP) is 2.12. The summed E-state index contributed by atoms with van der Waals surface area (Å²) in [5, 5.41) is 0. The second-order valence-electron chi connectivity index (χ2n) is 6.27. The topological polar surface area (TPSA) is 81.3 Å². The van der Waals surface area contributed by atoms with Crippen molar-refractivity contribution in [1.29, 1.82) is 0 Å². The number of alkyl halides is 3. The van der Waals surface area contributed by atoms with Gasteiger partial charge in [0.2, 0.25) is 11.6 Å². The van der Waals surface area contributed by atoms with E-state index in [9.17, 15) is 18.0 Å². The van der Waals surface area contributed by atoms with E-state index < -0.39 is 17.8 Å². The first-order chi connectivity index (χ1) is 12.3. The van der Waals surface area contributed by atoms with Gasteiger partial charge >= 0.3 is 6.18 Å². The Morgan fingerprint density at radius 2 is 1.92 bits per heavy atom. The van der Waals surface area contributed by atoms with Crippen LogP contribution in [0.15, 0.2) is 18.3 Å². The third-order valence-corrected chi connectivity index (χ3v) is 4.51. The van der Waals surface area contributed by atoms with Gasteiger partial charge < -0.3 is 10.5 Å². The fourth-order valence-corrected chi connectivity index (χ4v) is 3.35. The smallest absolute Gasteiger partial charge is 0.399 e. The number of hydrogen-bond donors (Lipinski definition) is 1. The van der Waals surface area contributed by atoms with Gasteiger partial charge in [0.05, 0.1) is 13.2 Å². The average Bonchev–Trinajstić information content (AvgIpc) is 2.87. The minimum atomic E-state index is -4.71. The van der Waals surface area contributed by atoms with Crippen molar-refractivity contribution >= 4 is 11.5 Å². The molecule has 1 aliphatic carbocycles. The number of ketones is 1. The van der Waals surface area contributed by atoms with E-state index in [4.69, 9.17) is 10.5 Å². The maximum Gasteiger partial charge on any atom is 0.451 e. The Kier molecular flexibility index (Phi) is 3.92. The van der Waals surface area contributed by atoms with Gasteiger partial charge in [0.15, 0.2) is 0 Å². The molecule has 9 heteroatoms. The van der Waals surface area contributed by atoms with E-state index in [0.29, 0.717) is 36.6 Å². The van der Waals surface area contributed by atoms with Crippen molar-refractivity contribution in [2.24, 2.45) is 0 Å². The summed E-state index contributed by atoms with van der Waals surface area (Å²) in [6.07, 6.45) is -3.63. The first-order valence-electron chi connectivity index (χ1n) is 8.06. The number of halogens is 3. The summed E-state index contributed by atoms with van der Waals surface area (Å²) in [5.74, 6) is -1.88. The summed E-state index contributed by atoms with van der Waals surface area (Å²) in [6.45, 7) is 3.20. The number of rotatable bonds is 2. The van der Waals surface area contributed by atoms with Crippen LogP contribution in [-0.4, -0.2) is 47.0 Å². The number of benzene rings is 1. The summed E-state index contributed by atoms with van der Waals surface area (Å²) >= 11 is 0. The molecule has 2 aromatic rings. The third-order valence-electron chi connectivity index (χ3n) is 4.51. The van der Waals surface area contributed by atoms with Crippen LogP contribution in [0.4, 0.5) is 18.9 Å². The molecule has 2 heterocycles. The lowest BCUT2D eigenvalue weighted by Crippen LogP contribution is -2.35. The molecular formula is C17H15F3N4O2. The highest BCUT2D eigenvalue weighted by Gasteiger charge is 2.39. The third kappa shape index (κ3) is 2.82. The van der Waals surface area contributed by atoms with Gasteiger partial charge in [-0.05, 0) is 17.7 Å². The molecule has 0 spiro atoms. The molecule has 2 N–H and O–H groups in total. The number of nitrogen functional groups attached to an aromatic ring is 1. The molecule has 1 aromatic carbocycles. The van der Waals surface area contributed by atoms with Crippen molar-refractivity contribution in [2.75, 3.05) is 32.0 Å². The summed E-state index contributed by atoms with van der Waals surface area (Å²) in [4.78, 5) is 21.7. The van der Waals surface area contributed by atoms with Crippen LogP contribution in [0.1, 0.15) is 27.4 Å². The molecule has 0 amide bonds. The SMILES string of the molecule is Nc1cc(CN2CCOCC2)c2c(c1)C(=O)c1nc(C(F)(F)F)ncc1-2. The number of nitrogens with zero attached hydrogens (tertiary/aromatic N) is 3. The van der Waals surface area contributed by atoms with Crippen molar-refractivity contribution in [1.82, 2.24) is 14.9 Å². The molecule has 4 rings (SSSR count). The van der Waals surface area contributed by atoms with Gasteiger partial charge in [-0.2, -0.15) is 13.2 Å². The number of morpholine rings is 1. The number of ether oxygens (including phenoxy) is 1. The van der Waals surface area contributed by atoms with Crippen LogP contribution in [0.3, 0.4) is 0 Å². The lowest BCUT2D eigenvalue weighted by Gasteiger charge is -2.27. The quantitative estimate of drug-likeness (QED) is 0.702. The Labute approximate surface area is 146 Å². The Hall–Kier alpha value is -2.52. The molecule has 6 nitrogen and oxygen atoms in total. The van der Waals surface area contributed by atoms with Crippen molar-refractivity contribution in [3.05, 3.63) is 41.0 Å². The van der Waals surface area contributed by atoms with Crippen molar-refractivity contribution in [3.8, 4) is 11.1 Å². The van der Waals surface area contributed by atoms with Gasteiger partial charge in [0.1, 0.15) is 5.69 Å². The van der Waals surface area contributed by atoms with E-state index in [0.717, 1.165) is 24.8 Å².